The molecule has 0 amide bonds. The van der Waals surface area contributed by atoms with Gasteiger partial charge in [0, 0.05) is 0 Å². The Kier molecular flexibility index (Phi) is 2.45. The molecule has 0 aliphatic rings. The Balaban J connectivity index is 3.13. The summed E-state index contributed by atoms with van der Waals surface area (Å²) in [6.45, 7) is 0. The molecule has 1 radical (unpaired) electrons. The minimum absolute atomic E-state index is 0.0644. The van der Waals surface area contributed by atoms with E-state index in [2.05, 4.69) is 4.74 Å². The molecule has 1 aromatic carbocycles. The van der Waals surface area contributed by atoms with Gasteiger partial charge in [0.15, 0.2) is 0 Å². The molecule has 0 aliphatic carbocycles. The summed E-state index contributed by atoms with van der Waals surface area (Å²) in [6.07, 6.45) is -4.69. The third-order valence-corrected chi connectivity index (χ3v) is 1.40. The number of alkyl halides is 3. The predicted octanol–water partition coefficient (Wildman–Crippen LogP) is 2.65. The molecule has 0 atom stereocenters. The van der Waals surface area contributed by atoms with Crippen LogP contribution in [0.15, 0.2) is 12.1 Å². The zero-order chi connectivity index (χ0) is 10.1. The standard InChI is InChI=1S/C8H5F4O/c1-13-5-2-3-6(7(9)4-5)8(10,11)12/h2-3H,1H3. The fourth-order valence-electron chi connectivity index (χ4n) is 0.787. The van der Waals surface area contributed by atoms with E-state index in [1.54, 1.807) is 0 Å². The van der Waals surface area contributed by atoms with E-state index in [9.17, 15) is 17.6 Å². The summed E-state index contributed by atoms with van der Waals surface area (Å²) < 4.78 is 53.1. The highest BCUT2D eigenvalue weighted by Crippen LogP contribution is 2.32. The first-order valence-corrected chi connectivity index (χ1v) is 3.28. The van der Waals surface area contributed by atoms with Crippen LogP contribution in [0.4, 0.5) is 17.6 Å². The topological polar surface area (TPSA) is 9.23 Å². The van der Waals surface area contributed by atoms with E-state index in [4.69, 9.17) is 0 Å². The first kappa shape index (κ1) is 9.83. The molecule has 0 heterocycles. The fourth-order valence-corrected chi connectivity index (χ4v) is 0.787. The number of benzene rings is 1. The highest BCUT2D eigenvalue weighted by Gasteiger charge is 2.34. The van der Waals surface area contributed by atoms with Gasteiger partial charge in [-0.05, 0) is 12.1 Å². The zero-order valence-electron chi connectivity index (χ0n) is 6.57. The normalized spacial score (nSPS) is 11.5. The predicted molar refractivity (Wildman–Crippen MR) is 36.8 cm³/mol. The number of hydrogen-bond donors (Lipinski definition) is 0. The summed E-state index contributed by atoms with van der Waals surface area (Å²) in [4.78, 5) is 0. The molecule has 0 saturated carbocycles. The van der Waals surface area contributed by atoms with Gasteiger partial charge in [-0.25, -0.2) is 4.39 Å². The number of rotatable bonds is 1. The van der Waals surface area contributed by atoms with E-state index in [1.165, 1.54) is 7.11 Å². The number of hydrogen-bond acceptors (Lipinski definition) is 1. The van der Waals surface area contributed by atoms with Gasteiger partial charge in [0.1, 0.15) is 11.6 Å². The Labute approximate surface area is 71.9 Å². The lowest BCUT2D eigenvalue weighted by Crippen LogP contribution is -2.08. The Morgan fingerprint density at radius 1 is 1.31 bits per heavy atom. The summed E-state index contributed by atoms with van der Waals surface area (Å²) in [5.74, 6) is -1.52. The highest BCUT2D eigenvalue weighted by atomic mass is 19.4. The van der Waals surface area contributed by atoms with Gasteiger partial charge < -0.3 is 4.74 Å². The first-order valence-electron chi connectivity index (χ1n) is 3.28. The minimum atomic E-state index is -4.69. The summed E-state index contributed by atoms with van der Waals surface area (Å²) in [5, 5.41) is 0. The molecular formula is C8H5F4O. The van der Waals surface area contributed by atoms with E-state index in [0.717, 1.165) is 6.07 Å². The third-order valence-electron chi connectivity index (χ3n) is 1.40. The van der Waals surface area contributed by atoms with Crippen LogP contribution in [0.25, 0.3) is 0 Å². The van der Waals surface area contributed by atoms with Crippen LogP contribution in [-0.4, -0.2) is 7.11 Å². The second-order valence-corrected chi connectivity index (χ2v) is 2.25. The van der Waals surface area contributed by atoms with Crippen LogP contribution in [0.2, 0.25) is 0 Å². The Morgan fingerprint density at radius 3 is 2.31 bits per heavy atom. The molecule has 1 aromatic rings. The Hall–Kier alpha value is -1.26. The minimum Gasteiger partial charge on any atom is -0.496 e. The van der Waals surface area contributed by atoms with E-state index in [1.807, 2.05) is 6.07 Å². The maximum atomic E-state index is 12.7. The fraction of sp³-hybridized carbons (Fsp3) is 0.250. The van der Waals surface area contributed by atoms with E-state index in [-0.39, 0.29) is 5.75 Å². The van der Waals surface area contributed by atoms with Crippen molar-refractivity contribution in [2.24, 2.45) is 0 Å². The molecule has 0 spiro atoms. The molecule has 0 aliphatic heterocycles. The molecule has 0 aromatic heterocycles. The number of ether oxygens (including phenoxy) is 1. The van der Waals surface area contributed by atoms with Crippen LogP contribution < -0.4 is 4.74 Å². The van der Waals surface area contributed by atoms with Crippen LogP contribution in [-0.2, 0) is 6.18 Å². The quantitative estimate of drug-likeness (QED) is 0.623. The molecule has 0 saturated heterocycles. The lowest BCUT2D eigenvalue weighted by atomic mass is 10.2. The highest BCUT2D eigenvalue weighted by molar-refractivity contribution is 5.29. The van der Waals surface area contributed by atoms with E-state index < -0.39 is 17.6 Å². The van der Waals surface area contributed by atoms with Crippen LogP contribution in [0.5, 0.6) is 5.75 Å². The average Bonchev–Trinajstić information content (AvgIpc) is 2.01. The smallest absolute Gasteiger partial charge is 0.419 e. The molecule has 5 heteroatoms. The largest absolute Gasteiger partial charge is 0.496 e. The maximum absolute atomic E-state index is 12.7. The Bertz CT molecular complexity index is 306. The molecule has 13 heavy (non-hydrogen) atoms. The van der Waals surface area contributed by atoms with Crippen LogP contribution in [0, 0.1) is 11.9 Å². The molecule has 0 unspecified atom stereocenters. The molecule has 1 rings (SSSR count). The van der Waals surface area contributed by atoms with Crippen LogP contribution >= 0.6 is 0 Å². The lowest BCUT2D eigenvalue weighted by Gasteiger charge is -2.07. The van der Waals surface area contributed by atoms with Crippen LogP contribution in [0.1, 0.15) is 5.56 Å². The number of methoxy groups -OCH3 is 1. The van der Waals surface area contributed by atoms with Crippen molar-refractivity contribution in [3.05, 3.63) is 29.6 Å². The average molecular weight is 193 g/mol. The molecule has 0 bridgehead atoms. The second kappa shape index (κ2) is 3.24. The zero-order valence-corrected chi connectivity index (χ0v) is 6.57. The van der Waals surface area contributed by atoms with Gasteiger partial charge in [-0.2, -0.15) is 13.2 Å². The summed E-state index contributed by atoms with van der Waals surface area (Å²) >= 11 is 0. The van der Waals surface area contributed by atoms with Crippen molar-refractivity contribution >= 4 is 0 Å². The molecule has 0 N–H and O–H groups in total. The Morgan fingerprint density at radius 2 is 1.92 bits per heavy atom. The van der Waals surface area contributed by atoms with Crippen molar-refractivity contribution in [1.29, 1.82) is 0 Å². The first-order chi connectivity index (χ1) is 5.95. The van der Waals surface area contributed by atoms with Crippen molar-refractivity contribution in [3.8, 4) is 5.75 Å². The summed E-state index contributed by atoms with van der Waals surface area (Å²) in [5.41, 5.74) is -1.34. The summed E-state index contributed by atoms with van der Waals surface area (Å²) in [6, 6.07) is 3.44. The van der Waals surface area contributed by atoms with E-state index >= 15 is 0 Å². The molecule has 0 fully saturated rings. The molecule has 1 nitrogen and oxygen atoms in total. The van der Waals surface area contributed by atoms with Gasteiger partial charge in [0.05, 0.1) is 18.7 Å². The van der Waals surface area contributed by atoms with Crippen molar-refractivity contribution < 1.29 is 22.3 Å². The maximum Gasteiger partial charge on any atom is 0.419 e. The van der Waals surface area contributed by atoms with Gasteiger partial charge in [0.2, 0.25) is 0 Å². The van der Waals surface area contributed by atoms with Crippen molar-refractivity contribution in [2.45, 2.75) is 6.18 Å². The van der Waals surface area contributed by atoms with Crippen molar-refractivity contribution in [3.63, 3.8) is 0 Å². The van der Waals surface area contributed by atoms with E-state index in [0.29, 0.717) is 6.07 Å². The van der Waals surface area contributed by atoms with Crippen LogP contribution in [0.3, 0.4) is 0 Å². The molecule has 71 valence electrons. The lowest BCUT2D eigenvalue weighted by molar-refractivity contribution is -0.140. The van der Waals surface area contributed by atoms with Gasteiger partial charge in [0.25, 0.3) is 0 Å². The third kappa shape index (κ3) is 2.11. The van der Waals surface area contributed by atoms with Gasteiger partial charge in [-0.15, -0.1) is 0 Å². The second-order valence-electron chi connectivity index (χ2n) is 2.25. The van der Waals surface area contributed by atoms with Crippen molar-refractivity contribution in [2.75, 3.05) is 7.11 Å². The number of halogens is 4. The molecular weight excluding hydrogens is 188 g/mol. The van der Waals surface area contributed by atoms with Crippen molar-refractivity contribution in [1.82, 2.24) is 0 Å². The van der Waals surface area contributed by atoms with Gasteiger partial charge in [-0.1, -0.05) is 0 Å². The summed E-state index contributed by atoms with van der Waals surface area (Å²) in [7, 11) is 1.22. The monoisotopic (exact) mass is 193 g/mol. The SMILES string of the molecule is COc1[c]c(F)c(C(F)(F)F)cc1. The van der Waals surface area contributed by atoms with Gasteiger partial charge in [-0.3, -0.25) is 0 Å². The van der Waals surface area contributed by atoms with Gasteiger partial charge >= 0.3 is 6.18 Å².